The summed E-state index contributed by atoms with van der Waals surface area (Å²) in [6, 6.07) is 33.5. The zero-order chi connectivity index (χ0) is 25.7. The number of pyridine rings is 1. The van der Waals surface area contributed by atoms with Crippen LogP contribution in [0.15, 0.2) is 119 Å². The number of thioether (sulfide) groups is 1. The number of benzene rings is 3. The average Bonchev–Trinajstić information content (AvgIpc) is 3.29. The summed E-state index contributed by atoms with van der Waals surface area (Å²) in [5.74, 6) is 1.77. The second-order valence-corrected chi connectivity index (χ2v) is 10.8. The molecule has 5 rings (SSSR count). The zero-order valence-corrected chi connectivity index (χ0v) is 23.2. The third-order valence-corrected chi connectivity index (χ3v) is 8.00. The lowest BCUT2D eigenvalue weighted by molar-refractivity contribution is 0.0000479. The lowest BCUT2D eigenvalue weighted by Crippen LogP contribution is -2.32. The van der Waals surface area contributed by atoms with Gasteiger partial charge in [-0.2, -0.15) is 0 Å². The largest absolute Gasteiger partial charge is 0.356 e. The number of hydrogen-bond acceptors (Lipinski definition) is 4. The van der Waals surface area contributed by atoms with Gasteiger partial charge in [-0.3, -0.25) is 4.98 Å². The Kier molecular flexibility index (Phi) is 7.89. The molecule has 0 spiro atoms. The minimum atomic E-state index is -0.773. The molecular weight excluding hydrogens is 542 g/mol. The van der Waals surface area contributed by atoms with Gasteiger partial charge in [0.15, 0.2) is 5.82 Å². The second-order valence-electron chi connectivity index (χ2n) is 8.65. The normalized spacial score (nSPS) is 11.5. The number of nitrogens with zero attached hydrogens (tertiary/aromatic N) is 3. The fourth-order valence-electron chi connectivity index (χ4n) is 4.57. The summed E-state index contributed by atoms with van der Waals surface area (Å²) in [5, 5.41) is 0. The Hall–Kier alpha value is -3.19. The van der Waals surface area contributed by atoms with E-state index in [1.54, 1.807) is 11.8 Å². The van der Waals surface area contributed by atoms with Gasteiger partial charge in [0, 0.05) is 18.1 Å². The highest BCUT2D eigenvalue weighted by Crippen LogP contribution is 2.41. The van der Waals surface area contributed by atoms with E-state index in [-0.39, 0.29) is 0 Å². The Morgan fingerprint density at radius 3 is 1.81 bits per heavy atom. The van der Waals surface area contributed by atoms with Crippen molar-refractivity contribution in [2.24, 2.45) is 7.05 Å². The van der Waals surface area contributed by atoms with Gasteiger partial charge in [-0.1, -0.05) is 97.9 Å². The third kappa shape index (κ3) is 5.14. The first kappa shape index (κ1) is 25.5. The van der Waals surface area contributed by atoms with Crippen LogP contribution in [0.3, 0.4) is 0 Å². The van der Waals surface area contributed by atoms with Crippen LogP contribution in [-0.4, -0.2) is 20.3 Å². The summed E-state index contributed by atoms with van der Waals surface area (Å²) in [6.07, 6.45) is 3.71. The molecular formula is C31H28BrN3OS. The van der Waals surface area contributed by atoms with Gasteiger partial charge < -0.3 is 9.30 Å². The Balaban J connectivity index is 1.58. The van der Waals surface area contributed by atoms with Crippen LogP contribution >= 0.6 is 27.7 Å². The summed E-state index contributed by atoms with van der Waals surface area (Å²) < 4.78 is 9.93. The van der Waals surface area contributed by atoms with Crippen LogP contribution in [0, 0.1) is 0 Å². The number of rotatable bonds is 9. The lowest BCUT2D eigenvalue weighted by Gasteiger charge is -2.36. The molecule has 2 heterocycles. The predicted molar refractivity (Wildman–Crippen MR) is 155 cm³/mol. The lowest BCUT2D eigenvalue weighted by atomic mass is 9.80. The molecule has 0 unspecified atom stereocenters. The standard InChI is InChI=1S/C31H28BrN3OS/c1-3-37-27-19-23(20-33-29(27)30-34-21-28(32)35(30)2)22-36-31(24-13-7-4-8-14-24,25-15-9-5-10-16-25)26-17-11-6-12-18-26/h4-21H,3,22H2,1-2H3. The predicted octanol–water partition coefficient (Wildman–Crippen LogP) is 7.87. The maximum absolute atomic E-state index is 7.00. The smallest absolute Gasteiger partial charge is 0.160 e. The van der Waals surface area contributed by atoms with Gasteiger partial charge in [0.1, 0.15) is 15.9 Å². The highest BCUT2D eigenvalue weighted by molar-refractivity contribution is 9.10. The van der Waals surface area contributed by atoms with Gasteiger partial charge in [0.25, 0.3) is 0 Å². The van der Waals surface area contributed by atoms with Crippen molar-refractivity contribution in [3.63, 3.8) is 0 Å². The van der Waals surface area contributed by atoms with E-state index >= 15 is 0 Å². The molecule has 37 heavy (non-hydrogen) atoms. The number of halogens is 1. The van der Waals surface area contributed by atoms with Crippen LogP contribution in [0.1, 0.15) is 29.2 Å². The highest BCUT2D eigenvalue weighted by Gasteiger charge is 2.37. The fourth-order valence-corrected chi connectivity index (χ4v) is 5.66. The van der Waals surface area contributed by atoms with Crippen molar-refractivity contribution < 1.29 is 4.74 Å². The number of imidazole rings is 1. The summed E-state index contributed by atoms with van der Waals surface area (Å²) in [6.45, 7) is 2.55. The first-order valence-corrected chi connectivity index (χ1v) is 14.0. The molecule has 6 heteroatoms. The van der Waals surface area contributed by atoms with Gasteiger partial charge in [-0.25, -0.2) is 4.98 Å². The molecule has 0 fully saturated rings. The van der Waals surface area contributed by atoms with Gasteiger partial charge in [0.2, 0.25) is 0 Å². The Morgan fingerprint density at radius 2 is 1.35 bits per heavy atom. The van der Waals surface area contributed by atoms with E-state index in [0.717, 1.165) is 49.0 Å². The maximum Gasteiger partial charge on any atom is 0.160 e. The van der Waals surface area contributed by atoms with Gasteiger partial charge in [-0.15, -0.1) is 11.8 Å². The summed E-state index contributed by atoms with van der Waals surface area (Å²) in [7, 11) is 1.99. The number of aromatic nitrogens is 3. The topological polar surface area (TPSA) is 39.9 Å². The molecule has 0 bridgehead atoms. The highest BCUT2D eigenvalue weighted by atomic mass is 79.9. The Morgan fingerprint density at radius 1 is 0.811 bits per heavy atom. The van der Waals surface area contributed by atoms with Crippen molar-refractivity contribution in [2.45, 2.75) is 24.0 Å². The molecule has 0 N–H and O–H groups in total. The van der Waals surface area contributed by atoms with Crippen LogP contribution in [0.4, 0.5) is 0 Å². The van der Waals surface area contributed by atoms with Crippen LogP contribution < -0.4 is 0 Å². The van der Waals surface area contributed by atoms with E-state index in [0.29, 0.717) is 6.61 Å². The Bertz CT molecular complexity index is 1360. The number of ether oxygens (including phenoxy) is 1. The van der Waals surface area contributed by atoms with Crippen molar-refractivity contribution in [3.8, 4) is 11.5 Å². The molecule has 0 atom stereocenters. The van der Waals surface area contributed by atoms with Crippen LogP contribution in [0.2, 0.25) is 0 Å². The number of hydrogen-bond donors (Lipinski definition) is 0. The zero-order valence-electron chi connectivity index (χ0n) is 20.8. The molecule has 2 aromatic heterocycles. The average molecular weight is 571 g/mol. The molecule has 0 saturated heterocycles. The first-order chi connectivity index (χ1) is 18.1. The molecule has 0 aliphatic rings. The van der Waals surface area contributed by atoms with E-state index in [9.17, 15) is 0 Å². The van der Waals surface area contributed by atoms with E-state index in [4.69, 9.17) is 9.72 Å². The molecule has 0 aliphatic carbocycles. The van der Waals surface area contributed by atoms with Gasteiger partial charge >= 0.3 is 0 Å². The minimum Gasteiger partial charge on any atom is -0.356 e. The minimum absolute atomic E-state index is 0.396. The fraction of sp³-hybridized carbons (Fsp3) is 0.161. The van der Waals surface area contributed by atoms with Crippen molar-refractivity contribution in [2.75, 3.05) is 5.75 Å². The Labute approximate surface area is 230 Å². The van der Waals surface area contributed by atoms with E-state index < -0.39 is 5.60 Å². The van der Waals surface area contributed by atoms with Crippen molar-refractivity contribution in [1.82, 2.24) is 14.5 Å². The summed E-state index contributed by atoms with van der Waals surface area (Å²) >= 11 is 5.32. The van der Waals surface area contributed by atoms with E-state index in [1.165, 1.54) is 0 Å². The molecule has 4 nitrogen and oxygen atoms in total. The monoisotopic (exact) mass is 569 g/mol. The quantitative estimate of drug-likeness (QED) is 0.134. The van der Waals surface area contributed by atoms with E-state index in [2.05, 4.69) is 107 Å². The maximum atomic E-state index is 7.00. The van der Waals surface area contributed by atoms with E-state index in [1.807, 2.05) is 42.2 Å². The third-order valence-electron chi connectivity index (χ3n) is 6.35. The second kappa shape index (κ2) is 11.5. The molecule has 0 radical (unpaired) electrons. The molecule has 3 aromatic carbocycles. The molecule has 0 aliphatic heterocycles. The molecule has 186 valence electrons. The molecule has 5 aromatic rings. The van der Waals surface area contributed by atoms with Gasteiger partial charge in [-0.05, 0) is 50.0 Å². The first-order valence-electron chi connectivity index (χ1n) is 12.2. The van der Waals surface area contributed by atoms with Crippen molar-refractivity contribution >= 4 is 27.7 Å². The van der Waals surface area contributed by atoms with Crippen LogP contribution in [-0.2, 0) is 24.0 Å². The van der Waals surface area contributed by atoms with Crippen molar-refractivity contribution in [1.29, 1.82) is 0 Å². The SMILES string of the molecule is CCSc1cc(COC(c2ccccc2)(c2ccccc2)c2ccccc2)cnc1-c1ncc(Br)n1C. The van der Waals surface area contributed by atoms with Crippen LogP contribution in [0.25, 0.3) is 11.5 Å². The summed E-state index contributed by atoms with van der Waals surface area (Å²) in [5.41, 5.74) is 4.36. The van der Waals surface area contributed by atoms with Crippen molar-refractivity contribution in [3.05, 3.63) is 136 Å². The molecule has 0 amide bonds. The van der Waals surface area contributed by atoms with Gasteiger partial charge in [0.05, 0.1) is 12.8 Å². The molecule has 0 saturated carbocycles. The summed E-state index contributed by atoms with van der Waals surface area (Å²) in [4.78, 5) is 10.5. The van der Waals surface area contributed by atoms with Crippen LogP contribution in [0.5, 0.6) is 0 Å².